The number of nitrogens with one attached hydrogen (secondary N) is 2. The minimum atomic E-state index is -0.635. The number of hydrogen-bond acceptors (Lipinski definition) is 6. The maximum Gasteiger partial charge on any atom is 0.414 e. The van der Waals surface area contributed by atoms with E-state index in [1.165, 1.54) is 0 Å². The molecular formula is C24H28N4O4. The van der Waals surface area contributed by atoms with E-state index in [4.69, 9.17) is 9.47 Å². The van der Waals surface area contributed by atoms with Crippen LogP contribution in [-0.2, 0) is 20.7 Å². The first-order valence-electron chi connectivity index (χ1n) is 10.9. The highest BCUT2D eigenvalue weighted by atomic mass is 16.6. The summed E-state index contributed by atoms with van der Waals surface area (Å²) in [5.74, 6) is 0.0849. The van der Waals surface area contributed by atoms with Gasteiger partial charge in [0.15, 0.2) is 0 Å². The van der Waals surface area contributed by atoms with Crippen molar-refractivity contribution in [2.45, 2.75) is 38.0 Å². The fourth-order valence-electron chi connectivity index (χ4n) is 4.08. The summed E-state index contributed by atoms with van der Waals surface area (Å²) in [4.78, 5) is 25.8. The molecule has 1 aromatic carbocycles. The molecule has 2 heterocycles. The van der Waals surface area contributed by atoms with Crippen molar-refractivity contribution >= 4 is 17.6 Å². The Balaban J connectivity index is 1.36. The lowest BCUT2D eigenvalue weighted by Crippen LogP contribution is -2.46. The number of carbonyl (C=O) groups excluding carboxylic acids is 2. The van der Waals surface area contributed by atoms with Gasteiger partial charge < -0.3 is 20.1 Å². The largest absolute Gasteiger partial charge is 0.439 e. The Kier molecular flexibility index (Phi) is 6.58. The summed E-state index contributed by atoms with van der Waals surface area (Å²) in [6.45, 7) is 3.84. The number of carbonyl (C=O) groups is 2. The fraction of sp³-hybridized carbons (Fsp3) is 0.458. The Bertz CT molecular complexity index is 979. The predicted octanol–water partition coefficient (Wildman–Crippen LogP) is 1.98. The van der Waals surface area contributed by atoms with Crippen LogP contribution in [0.4, 0.5) is 4.79 Å². The molecule has 0 radical (unpaired) electrons. The van der Waals surface area contributed by atoms with Crippen LogP contribution in [0.15, 0.2) is 42.1 Å². The Morgan fingerprint density at radius 3 is 2.88 bits per heavy atom. The maximum atomic E-state index is 12.5. The van der Waals surface area contributed by atoms with Gasteiger partial charge in [0.25, 0.3) is 5.91 Å². The molecule has 1 aliphatic carbocycles. The van der Waals surface area contributed by atoms with Gasteiger partial charge in [-0.15, -0.1) is 0 Å². The minimum Gasteiger partial charge on any atom is -0.439 e. The maximum absolute atomic E-state index is 12.5. The molecule has 2 saturated heterocycles. The van der Waals surface area contributed by atoms with Gasteiger partial charge >= 0.3 is 6.09 Å². The van der Waals surface area contributed by atoms with E-state index in [1.54, 1.807) is 11.9 Å². The standard InChI is InChI=1S/C24H28N4O4/c1-15-12-26-13-22(31-14-15)23(29)27-19(11-25)9-16-3-5-17(6-4-16)18-7-8-21-20(10-18)28(2)24(30)32-21/h3-7,10,15,19,21-22,26H,8-9,12-14H2,1-2H3,(H,27,29)/t15?,19-,21?,22?/m0/s1. The van der Waals surface area contributed by atoms with Crippen LogP contribution in [0, 0.1) is 17.2 Å². The van der Waals surface area contributed by atoms with E-state index in [0.717, 1.165) is 28.9 Å². The molecule has 2 amide bonds. The Morgan fingerprint density at radius 2 is 2.12 bits per heavy atom. The number of fused-ring (bicyclic) bond motifs is 1. The zero-order chi connectivity index (χ0) is 22.7. The molecule has 168 valence electrons. The van der Waals surface area contributed by atoms with E-state index < -0.39 is 12.1 Å². The molecular weight excluding hydrogens is 408 g/mol. The summed E-state index contributed by atoms with van der Waals surface area (Å²) >= 11 is 0. The van der Waals surface area contributed by atoms with Crippen molar-refractivity contribution < 1.29 is 19.1 Å². The van der Waals surface area contributed by atoms with Crippen LogP contribution in [-0.4, -0.2) is 61.9 Å². The molecule has 3 unspecified atom stereocenters. The van der Waals surface area contributed by atoms with Crippen molar-refractivity contribution in [1.82, 2.24) is 15.5 Å². The van der Waals surface area contributed by atoms with Gasteiger partial charge in [0.2, 0.25) is 0 Å². The lowest BCUT2D eigenvalue weighted by atomic mass is 9.94. The zero-order valence-electron chi connectivity index (χ0n) is 18.3. The second-order valence-corrected chi connectivity index (χ2v) is 8.57. The van der Waals surface area contributed by atoms with E-state index in [2.05, 4.69) is 29.7 Å². The highest BCUT2D eigenvalue weighted by Gasteiger charge is 2.35. The second-order valence-electron chi connectivity index (χ2n) is 8.57. The van der Waals surface area contributed by atoms with Crippen LogP contribution in [0.5, 0.6) is 0 Å². The van der Waals surface area contributed by atoms with Crippen molar-refractivity contribution in [3.05, 3.63) is 53.2 Å². The van der Waals surface area contributed by atoms with Crippen molar-refractivity contribution in [3.63, 3.8) is 0 Å². The lowest BCUT2D eigenvalue weighted by Gasteiger charge is -2.19. The van der Waals surface area contributed by atoms with Crippen molar-refractivity contribution in [3.8, 4) is 6.07 Å². The smallest absolute Gasteiger partial charge is 0.414 e. The number of amides is 2. The molecule has 0 saturated carbocycles. The predicted molar refractivity (Wildman–Crippen MR) is 118 cm³/mol. The quantitative estimate of drug-likeness (QED) is 0.732. The summed E-state index contributed by atoms with van der Waals surface area (Å²) in [5.41, 5.74) is 3.88. The van der Waals surface area contributed by atoms with Gasteiger partial charge in [-0.3, -0.25) is 9.69 Å². The molecule has 2 aliphatic heterocycles. The number of ether oxygens (including phenoxy) is 2. The number of rotatable bonds is 5. The monoisotopic (exact) mass is 436 g/mol. The number of nitriles is 1. The van der Waals surface area contributed by atoms with Gasteiger partial charge in [-0.25, -0.2) is 4.79 Å². The van der Waals surface area contributed by atoms with Gasteiger partial charge in [-0.2, -0.15) is 5.26 Å². The molecule has 0 spiro atoms. The topological polar surface area (TPSA) is 104 Å². The first kappa shape index (κ1) is 22.1. The number of benzene rings is 1. The number of allylic oxidation sites excluding steroid dienone is 2. The summed E-state index contributed by atoms with van der Waals surface area (Å²) in [5, 5.41) is 15.6. The summed E-state index contributed by atoms with van der Waals surface area (Å²) < 4.78 is 11.0. The average molecular weight is 437 g/mol. The highest BCUT2D eigenvalue weighted by molar-refractivity contribution is 5.82. The molecule has 0 aromatic heterocycles. The fourth-order valence-corrected chi connectivity index (χ4v) is 4.08. The lowest BCUT2D eigenvalue weighted by molar-refractivity contribution is -0.132. The van der Waals surface area contributed by atoms with Gasteiger partial charge in [0.1, 0.15) is 18.2 Å². The second kappa shape index (κ2) is 9.55. The molecule has 8 nitrogen and oxygen atoms in total. The van der Waals surface area contributed by atoms with Crippen LogP contribution < -0.4 is 10.6 Å². The Hall–Kier alpha value is -3.15. The van der Waals surface area contributed by atoms with E-state index in [9.17, 15) is 14.9 Å². The van der Waals surface area contributed by atoms with Crippen LogP contribution >= 0.6 is 0 Å². The average Bonchev–Trinajstić information content (AvgIpc) is 2.94. The molecule has 4 atom stereocenters. The van der Waals surface area contributed by atoms with Crippen LogP contribution in [0.2, 0.25) is 0 Å². The van der Waals surface area contributed by atoms with Crippen molar-refractivity contribution in [2.75, 3.05) is 26.7 Å². The van der Waals surface area contributed by atoms with Crippen LogP contribution in [0.1, 0.15) is 24.5 Å². The SMILES string of the molecule is CC1CNCC(C(=O)N[C@H](C#N)Cc2ccc(C3=CCC4OC(=O)N(C)C4=C3)cc2)OC1. The van der Waals surface area contributed by atoms with Crippen molar-refractivity contribution in [1.29, 1.82) is 5.26 Å². The molecule has 2 N–H and O–H groups in total. The number of hydrogen-bond donors (Lipinski definition) is 2. The molecule has 32 heavy (non-hydrogen) atoms. The molecule has 1 aromatic rings. The summed E-state index contributed by atoms with van der Waals surface area (Å²) in [7, 11) is 1.72. The van der Waals surface area contributed by atoms with E-state index in [1.807, 2.05) is 30.3 Å². The zero-order valence-corrected chi connectivity index (χ0v) is 18.3. The summed E-state index contributed by atoms with van der Waals surface area (Å²) in [6.07, 6.45) is 3.99. The first-order valence-corrected chi connectivity index (χ1v) is 10.9. The number of likely N-dealkylation sites (N-methyl/N-ethyl adjacent to an activating group) is 1. The van der Waals surface area contributed by atoms with Gasteiger partial charge in [-0.05, 0) is 28.7 Å². The Labute approximate surface area is 187 Å². The first-order chi connectivity index (χ1) is 15.4. The molecule has 2 fully saturated rings. The van der Waals surface area contributed by atoms with Gasteiger partial charge in [-0.1, -0.05) is 37.3 Å². The third-order valence-corrected chi connectivity index (χ3v) is 5.99. The van der Waals surface area contributed by atoms with Crippen LogP contribution in [0.3, 0.4) is 0 Å². The number of nitrogens with zero attached hydrogens (tertiary/aromatic N) is 2. The van der Waals surface area contributed by atoms with Crippen molar-refractivity contribution in [2.24, 2.45) is 5.92 Å². The van der Waals surface area contributed by atoms with E-state index in [-0.39, 0.29) is 18.1 Å². The minimum absolute atomic E-state index is 0.202. The molecule has 0 bridgehead atoms. The highest BCUT2D eigenvalue weighted by Crippen LogP contribution is 2.33. The Morgan fingerprint density at radius 1 is 1.34 bits per heavy atom. The molecule has 8 heteroatoms. The van der Waals surface area contributed by atoms with Crippen LogP contribution in [0.25, 0.3) is 5.57 Å². The molecule has 4 rings (SSSR count). The summed E-state index contributed by atoms with van der Waals surface area (Å²) in [6, 6.07) is 9.45. The normalized spacial score (nSPS) is 26.1. The molecule has 3 aliphatic rings. The third-order valence-electron chi connectivity index (χ3n) is 5.99. The third kappa shape index (κ3) is 4.85. The van der Waals surface area contributed by atoms with E-state index in [0.29, 0.717) is 31.9 Å². The van der Waals surface area contributed by atoms with Gasteiger partial charge in [0, 0.05) is 33.0 Å². The van der Waals surface area contributed by atoms with Gasteiger partial charge in [0.05, 0.1) is 18.4 Å². The van der Waals surface area contributed by atoms with E-state index >= 15 is 0 Å².